The highest BCUT2D eigenvalue weighted by atomic mass is 15.3. The summed E-state index contributed by atoms with van der Waals surface area (Å²) in [6.07, 6.45) is 2.99. The molecule has 0 aliphatic carbocycles. The highest BCUT2D eigenvalue weighted by Gasteiger charge is 2.08. The van der Waals surface area contributed by atoms with Crippen LogP contribution in [0.15, 0.2) is 12.5 Å². The van der Waals surface area contributed by atoms with Crippen LogP contribution in [-0.4, -0.2) is 19.6 Å². The van der Waals surface area contributed by atoms with Gasteiger partial charge in [-0.1, -0.05) is 0 Å². The van der Waals surface area contributed by atoms with Gasteiger partial charge in [0.15, 0.2) is 5.82 Å². The molecule has 2 aliphatic heterocycles. The van der Waals surface area contributed by atoms with Gasteiger partial charge in [-0.2, -0.15) is 4.98 Å². The lowest BCUT2D eigenvalue weighted by Gasteiger charge is -2.03. The van der Waals surface area contributed by atoms with E-state index in [4.69, 9.17) is 11.6 Å². The molecule has 0 atom stereocenters. The third-order valence-corrected chi connectivity index (χ3v) is 1.35. The number of nitrogen functional groups attached to an aromatic ring is 2. The van der Waals surface area contributed by atoms with Crippen LogP contribution in [0.2, 0.25) is 0 Å². The number of fused-ring (bicyclic) bond motifs is 1. The first-order valence-corrected chi connectivity index (χ1v) is 2.98. The lowest BCUT2D eigenvalue weighted by molar-refractivity contribution is 0.946. The van der Waals surface area contributed by atoms with Crippen LogP contribution >= 0.6 is 0 Å². The Morgan fingerprint density at radius 2 is 2.18 bits per heavy atom. The van der Waals surface area contributed by atoms with E-state index in [0.29, 0.717) is 11.5 Å². The molecule has 0 saturated carbocycles. The second-order valence-electron chi connectivity index (χ2n) is 2.09. The van der Waals surface area contributed by atoms with E-state index >= 15 is 0 Å². The van der Waals surface area contributed by atoms with Gasteiger partial charge < -0.3 is 11.6 Å². The number of imidazole rings is 1. The Labute approximate surface area is 62.2 Å². The zero-order chi connectivity index (χ0) is 7.84. The Hall–Kier alpha value is -1.85. The highest BCUT2D eigenvalue weighted by molar-refractivity contribution is 5.51. The van der Waals surface area contributed by atoms with Gasteiger partial charge >= 0.3 is 0 Å². The van der Waals surface area contributed by atoms with Gasteiger partial charge in [0.2, 0.25) is 5.95 Å². The van der Waals surface area contributed by atoms with Gasteiger partial charge in [0.1, 0.15) is 12.0 Å². The lowest BCUT2D eigenvalue weighted by atomic mass is 10.4. The molecular formula is C5H6N6. The largest absolute Gasteiger partial charge is 0.368 e. The first-order chi connectivity index (χ1) is 5.27. The van der Waals surface area contributed by atoms with Crippen LogP contribution in [0.25, 0.3) is 11.5 Å². The fourth-order valence-electron chi connectivity index (χ4n) is 0.811. The fraction of sp³-hybridized carbons (Fsp3) is 0. The van der Waals surface area contributed by atoms with Crippen LogP contribution < -0.4 is 11.6 Å². The highest BCUT2D eigenvalue weighted by Crippen LogP contribution is 2.13. The molecule has 0 aromatic rings. The monoisotopic (exact) mass is 150 g/mol. The minimum atomic E-state index is 0.220. The molecule has 56 valence electrons. The van der Waals surface area contributed by atoms with E-state index in [0.717, 1.165) is 0 Å². The molecular weight excluding hydrogens is 144 g/mol. The van der Waals surface area contributed by atoms with Crippen molar-refractivity contribution in [1.82, 2.24) is 19.6 Å². The molecule has 2 aliphatic rings. The topological polar surface area (TPSA) is 95.6 Å². The zero-order valence-electron chi connectivity index (χ0n) is 5.60. The molecule has 0 radical (unpaired) electrons. The predicted molar refractivity (Wildman–Crippen MR) is 39.0 cm³/mol. The molecule has 2 heterocycles. The molecule has 0 saturated heterocycles. The molecule has 0 spiro atoms. The second kappa shape index (κ2) is 1.82. The molecule has 0 amide bonds. The van der Waals surface area contributed by atoms with Crippen molar-refractivity contribution < 1.29 is 0 Å². The quantitative estimate of drug-likeness (QED) is 0.473. The molecule has 6 heteroatoms. The summed E-state index contributed by atoms with van der Waals surface area (Å²) in [5.74, 6) is 6.14. The Bertz CT molecular complexity index is 319. The Morgan fingerprint density at radius 1 is 1.36 bits per heavy atom. The summed E-state index contributed by atoms with van der Waals surface area (Å²) in [5, 5.41) is 0. The molecule has 0 bridgehead atoms. The van der Waals surface area contributed by atoms with Crippen molar-refractivity contribution >= 4 is 5.95 Å². The molecule has 2 rings (SSSR count). The first kappa shape index (κ1) is 5.90. The Balaban J connectivity index is 2.77. The molecule has 6 nitrogen and oxygen atoms in total. The average molecular weight is 150 g/mol. The van der Waals surface area contributed by atoms with Crippen LogP contribution in [0.4, 0.5) is 5.95 Å². The average Bonchev–Trinajstić information content (AvgIpc) is 2.36. The minimum absolute atomic E-state index is 0.220. The summed E-state index contributed by atoms with van der Waals surface area (Å²) < 4.78 is 1.21. The summed E-state index contributed by atoms with van der Waals surface area (Å²) in [6, 6.07) is 0. The first-order valence-electron chi connectivity index (χ1n) is 2.98. The van der Waals surface area contributed by atoms with E-state index in [2.05, 4.69) is 15.0 Å². The Kier molecular flexibility index (Phi) is 0.974. The SMILES string of the molecule is Nc1nc2ncnc-2cn1N. The van der Waals surface area contributed by atoms with Crippen molar-refractivity contribution in [1.29, 1.82) is 0 Å². The van der Waals surface area contributed by atoms with E-state index < -0.39 is 0 Å². The second-order valence-corrected chi connectivity index (χ2v) is 2.09. The van der Waals surface area contributed by atoms with Crippen LogP contribution in [0.1, 0.15) is 0 Å². The maximum atomic E-state index is 5.41. The minimum Gasteiger partial charge on any atom is -0.368 e. The number of nitrogens with zero attached hydrogens (tertiary/aromatic N) is 4. The van der Waals surface area contributed by atoms with E-state index in [1.54, 1.807) is 6.20 Å². The molecule has 4 N–H and O–H groups in total. The Morgan fingerprint density at radius 3 is 3.00 bits per heavy atom. The summed E-state index contributed by atoms with van der Waals surface area (Å²) in [7, 11) is 0. The van der Waals surface area contributed by atoms with Crippen molar-refractivity contribution in [3.8, 4) is 11.5 Å². The smallest absolute Gasteiger partial charge is 0.221 e. The standard InChI is InChI=1S/C5H6N6/c6-5-10-4-3(1-11(5)7)8-2-9-4/h1-2H,7H2,(H2,6,8,9,10). The predicted octanol–water partition coefficient (Wildman–Crippen LogP) is -0.926. The van der Waals surface area contributed by atoms with Crippen LogP contribution in [0.3, 0.4) is 0 Å². The molecule has 11 heavy (non-hydrogen) atoms. The summed E-state index contributed by atoms with van der Waals surface area (Å²) in [4.78, 5) is 11.6. The number of anilines is 1. The van der Waals surface area contributed by atoms with E-state index in [9.17, 15) is 0 Å². The van der Waals surface area contributed by atoms with Crippen LogP contribution in [-0.2, 0) is 0 Å². The van der Waals surface area contributed by atoms with Gasteiger partial charge in [0, 0.05) is 0 Å². The third-order valence-electron chi connectivity index (χ3n) is 1.35. The van der Waals surface area contributed by atoms with Crippen molar-refractivity contribution in [3.05, 3.63) is 12.5 Å². The molecule has 0 aromatic heterocycles. The number of nitrogens with two attached hydrogens (primary N) is 2. The summed E-state index contributed by atoms with van der Waals surface area (Å²) in [5.41, 5.74) is 6.04. The van der Waals surface area contributed by atoms with Gasteiger partial charge in [-0.15, -0.1) is 0 Å². The van der Waals surface area contributed by atoms with Gasteiger partial charge in [-0.05, 0) is 0 Å². The van der Waals surface area contributed by atoms with Crippen LogP contribution in [0, 0.1) is 0 Å². The lowest BCUT2D eigenvalue weighted by Crippen LogP contribution is -2.16. The van der Waals surface area contributed by atoms with Crippen molar-refractivity contribution in [2.24, 2.45) is 0 Å². The maximum absolute atomic E-state index is 5.41. The van der Waals surface area contributed by atoms with Gasteiger partial charge in [0.05, 0.1) is 6.20 Å². The normalized spacial score (nSPS) is 10.5. The summed E-state index contributed by atoms with van der Waals surface area (Å²) in [6.45, 7) is 0. The number of aromatic nitrogens is 4. The van der Waals surface area contributed by atoms with Crippen molar-refractivity contribution in [2.45, 2.75) is 0 Å². The van der Waals surface area contributed by atoms with E-state index in [1.807, 2.05) is 0 Å². The van der Waals surface area contributed by atoms with E-state index in [1.165, 1.54) is 11.0 Å². The number of hydrogen-bond donors (Lipinski definition) is 2. The van der Waals surface area contributed by atoms with Crippen molar-refractivity contribution in [3.63, 3.8) is 0 Å². The fourth-order valence-corrected chi connectivity index (χ4v) is 0.811. The van der Waals surface area contributed by atoms with E-state index in [-0.39, 0.29) is 5.95 Å². The molecule has 0 unspecified atom stereocenters. The maximum Gasteiger partial charge on any atom is 0.221 e. The number of rotatable bonds is 0. The zero-order valence-corrected chi connectivity index (χ0v) is 5.60. The number of hydrogen-bond acceptors (Lipinski definition) is 5. The van der Waals surface area contributed by atoms with Crippen LogP contribution in [0.5, 0.6) is 0 Å². The van der Waals surface area contributed by atoms with Gasteiger partial charge in [-0.25, -0.2) is 14.6 Å². The van der Waals surface area contributed by atoms with Gasteiger partial charge in [-0.3, -0.25) is 0 Å². The third kappa shape index (κ3) is 0.759. The van der Waals surface area contributed by atoms with Gasteiger partial charge in [0.25, 0.3) is 0 Å². The summed E-state index contributed by atoms with van der Waals surface area (Å²) >= 11 is 0. The molecule has 0 aromatic carbocycles. The molecule has 0 fully saturated rings. The van der Waals surface area contributed by atoms with Crippen molar-refractivity contribution in [2.75, 3.05) is 11.6 Å².